The van der Waals surface area contributed by atoms with E-state index in [0.717, 1.165) is 17.6 Å². The molecule has 2 N–H and O–H groups in total. The van der Waals surface area contributed by atoms with Gasteiger partial charge in [0.2, 0.25) is 0 Å². The van der Waals surface area contributed by atoms with Gasteiger partial charge < -0.3 is 10.4 Å². The Labute approximate surface area is 137 Å². The second kappa shape index (κ2) is 6.80. The van der Waals surface area contributed by atoms with Crippen molar-refractivity contribution >= 4 is 10.9 Å². The molecule has 0 radical (unpaired) electrons. The third kappa shape index (κ3) is 3.88. The highest BCUT2D eigenvalue weighted by Crippen LogP contribution is 2.18. The van der Waals surface area contributed by atoms with Crippen LogP contribution in [0, 0.1) is 0 Å². The Morgan fingerprint density at radius 3 is 2.48 bits per heavy atom. The van der Waals surface area contributed by atoms with Crippen molar-refractivity contribution in [1.82, 2.24) is 10.3 Å². The van der Waals surface area contributed by atoms with E-state index in [1.807, 2.05) is 30.3 Å². The summed E-state index contributed by atoms with van der Waals surface area (Å²) in [5, 5.41) is 14.1. The molecule has 2 unspecified atom stereocenters. The second-order valence-electron chi connectivity index (χ2n) is 6.09. The van der Waals surface area contributed by atoms with E-state index in [4.69, 9.17) is 4.98 Å². The fourth-order valence-electron chi connectivity index (χ4n) is 2.88. The van der Waals surface area contributed by atoms with Crippen LogP contribution in [0.25, 0.3) is 10.9 Å². The van der Waals surface area contributed by atoms with Crippen LogP contribution in [0.15, 0.2) is 60.7 Å². The van der Waals surface area contributed by atoms with E-state index in [-0.39, 0.29) is 6.04 Å². The molecule has 3 rings (SSSR count). The van der Waals surface area contributed by atoms with E-state index in [2.05, 4.69) is 37.4 Å². The molecule has 0 amide bonds. The van der Waals surface area contributed by atoms with E-state index >= 15 is 0 Å². The SMILES string of the molecule is CC(Cc1ccc(O)cc1)NC(C)c1ccc2ccccc2n1. The topological polar surface area (TPSA) is 45.1 Å². The minimum absolute atomic E-state index is 0.187. The molecule has 0 fully saturated rings. The van der Waals surface area contributed by atoms with Gasteiger partial charge in [-0.25, -0.2) is 0 Å². The summed E-state index contributed by atoms with van der Waals surface area (Å²) in [6.07, 6.45) is 0.915. The highest BCUT2D eigenvalue weighted by atomic mass is 16.3. The normalized spacial score (nSPS) is 13.8. The largest absolute Gasteiger partial charge is 0.508 e. The van der Waals surface area contributed by atoms with E-state index in [9.17, 15) is 5.11 Å². The van der Waals surface area contributed by atoms with Gasteiger partial charge in [0.15, 0.2) is 0 Å². The number of rotatable bonds is 5. The Hall–Kier alpha value is -2.39. The lowest BCUT2D eigenvalue weighted by Gasteiger charge is -2.20. The number of benzene rings is 2. The number of fused-ring (bicyclic) bond motifs is 1. The van der Waals surface area contributed by atoms with E-state index < -0.39 is 0 Å². The standard InChI is InChI=1S/C20H22N2O/c1-14(13-16-7-10-18(23)11-8-16)21-15(2)19-12-9-17-5-3-4-6-20(17)22-19/h3-12,14-15,21,23H,13H2,1-2H3. The number of phenols is 1. The molecule has 0 saturated carbocycles. The molecular formula is C20H22N2O. The molecule has 1 aromatic heterocycles. The lowest BCUT2D eigenvalue weighted by Crippen LogP contribution is -2.31. The van der Waals surface area contributed by atoms with Gasteiger partial charge in [-0.1, -0.05) is 36.4 Å². The summed E-state index contributed by atoms with van der Waals surface area (Å²) in [5.74, 6) is 0.308. The van der Waals surface area contributed by atoms with Crippen LogP contribution in [-0.4, -0.2) is 16.1 Å². The zero-order valence-electron chi connectivity index (χ0n) is 13.5. The van der Waals surface area contributed by atoms with Crippen LogP contribution in [0.5, 0.6) is 5.75 Å². The number of para-hydroxylation sites is 1. The quantitative estimate of drug-likeness (QED) is 0.742. The number of hydrogen-bond acceptors (Lipinski definition) is 3. The molecule has 0 bridgehead atoms. The molecular weight excluding hydrogens is 284 g/mol. The maximum Gasteiger partial charge on any atom is 0.115 e. The van der Waals surface area contributed by atoms with Crippen molar-refractivity contribution in [2.45, 2.75) is 32.4 Å². The third-order valence-corrected chi connectivity index (χ3v) is 4.08. The molecule has 23 heavy (non-hydrogen) atoms. The van der Waals surface area contributed by atoms with Crippen LogP contribution in [0.1, 0.15) is 31.1 Å². The molecule has 3 heteroatoms. The zero-order valence-corrected chi connectivity index (χ0v) is 13.5. The van der Waals surface area contributed by atoms with Crippen LogP contribution in [0.4, 0.5) is 0 Å². The summed E-state index contributed by atoms with van der Waals surface area (Å²) in [5.41, 5.74) is 3.30. The van der Waals surface area contributed by atoms with Crippen molar-refractivity contribution in [2.75, 3.05) is 0 Å². The fourth-order valence-corrected chi connectivity index (χ4v) is 2.88. The van der Waals surface area contributed by atoms with Crippen LogP contribution in [0.2, 0.25) is 0 Å². The molecule has 1 heterocycles. The van der Waals surface area contributed by atoms with Gasteiger partial charge in [0.1, 0.15) is 5.75 Å². The molecule has 2 atom stereocenters. The van der Waals surface area contributed by atoms with Gasteiger partial charge in [-0.15, -0.1) is 0 Å². The molecule has 0 spiro atoms. The Balaban J connectivity index is 1.67. The number of aromatic nitrogens is 1. The van der Waals surface area contributed by atoms with Crippen molar-refractivity contribution in [3.8, 4) is 5.75 Å². The Kier molecular flexibility index (Phi) is 4.58. The summed E-state index contributed by atoms with van der Waals surface area (Å²) < 4.78 is 0. The molecule has 0 aliphatic carbocycles. The van der Waals surface area contributed by atoms with Crippen molar-refractivity contribution in [3.63, 3.8) is 0 Å². The zero-order chi connectivity index (χ0) is 16.2. The predicted molar refractivity (Wildman–Crippen MR) is 94.6 cm³/mol. The average Bonchev–Trinajstić information content (AvgIpc) is 2.56. The molecule has 0 aliphatic heterocycles. The first-order valence-electron chi connectivity index (χ1n) is 8.01. The van der Waals surface area contributed by atoms with Crippen molar-refractivity contribution in [1.29, 1.82) is 0 Å². The van der Waals surface area contributed by atoms with E-state index in [1.165, 1.54) is 10.9 Å². The number of phenolic OH excluding ortho intramolecular Hbond substituents is 1. The second-order valence-corrected chi connectivity index (χ2v) is 6.09. The Morgan fingerprint density at radius 2 is 1.70 bits per heavy atom. The molecule has 0 aliphatic rings. The van der Waals surface area contributed by atoms with Crippen molar-refractivity contribution in [2.24, 2.45) is 0 Å². The summed E-state index contributed by atoms with van der Waals surface area (Å²) in [6, 6.07) is 20.3. The lowest BCUT2D eigenvalue weighted by atomic mass is 10.1. The maximum atomic E-state index is 9.35. The number of nitrogens with zero attached hydrogens (tertiary/aromatic N) is 1. The van der Waals surface area contributed by atoms with Crippen LogP contribution >= 0.6 is 0 Å². The first kappa shape index (κ1) is 15.5. The van der Waals surface area contributed by atoms with E-state index in [1.54, 1.807) is 12.1 Å². The van der Waals surface area contributed by atoms with Crippen molar-refractivity contribution < 1.29 is 5.11 Å². The van der Waals surface area contributed by atoms with Gasteiger partial charge in [-0.05, 0) is 50.1 Å². The summed E-state index contributed by atoms with van der Waals surface area (Å²) >= 11 is 0. The molecule has 0 saturated heterocycles. The summed E-state index contributed by atoms with van der Waals surface area (Å²) in [4.78, 5) is 4.75. The van der Waals surface area contributed by atoms with Crippen LogP contribution in [0.3, 0.4) is 0 Å². The minimum Gasteiger partial charge on any atom is -0.508 e. The highest BCUT2D eigenvalue weighted by molar-refractivity contribution is 5.78. The first-order chi connectivity index (χ1) is 11.1. The van der Waals surface area contributed by atoms with Gasteiger partial charge in [0, 0.05) is 17.5 Å². The number of nitrogens with one attached hydrogen (secondary N) is 1. The van der Waals surface area contributed by atoms with E-state index in [0.29, 0.717) is 11.8 Å². The molecule has 3 nitrogen and oxygen atoms in total. The minimum atomic E-state index is 0.187. The van der Waals surface area contributed by atoms with Gasteiger partial charge in [-0.3, -0.25) is 4.98 Å². The van der Waals surface area contributed by atoms with Gasteiger partial charge >= 0.3 is 0 Å². The summed E-state index contributed by atoms with van der Waals surface area (Å²) in [6.45, 7) is 4.31. The van der Waals surface area contributed by atoms with Crippen LogP contribution < -0.4 is 5.32 Å². The molecule has 3 aromatic rings. The summed E-state index contributed by atoms with van der Waals surface area (Å²) in [7, 11) is 0. The van der Waals surface area contributed by atoms with Crippen LogP contribution in [-0.2, 0) is 6.42 Å². The Bertz CT molecular complexity index is 783. The number of hydrogen-bond donors (Lipinski definition) is 2. The van der Waals surface area contributed by atoms with Gasteiger partial charge in [0.05, 0.1) is 11.2 Å². The monoisotopic (exact) mass is 306 g/mol. The average molecular weight is 306 g/mol. The lowest BCUT2D eigenvalue weighted by molar-refractivity contribution is 0.467. The van der Waals surface area contributed by atoms with Gasteiger partial charge in [-0.2, -0.15) is 0 Å². The molecule has 2 aromatic carbocycles. The predicted octanol–water partition coefficient (Wildman–Crippen LogP) is 4.22. The maximum absolute atomic E-state index is 9.35. The number of pyridine rings is 1. The first-order valence-corrected chi connectivity index (χ1v) is 8.01. The van der Waals surface area contributed by atoms with Crippen molar-refractivity contribution in [3.05, 3.63) is 71.9 Å². The fraction of sp³-hybridized carbons (Fsp3) is 0.250. The van der Waals surface area contributed by atoms with Gasteiger partial charge in [0.25, 0.3) is 0 Å². The smallest absolute Gasteiger partial charge is 0.115 e. The third-order valence-electron chi connectivity index (χ3n) is 4.08. The highest BCUT2D eigenvalue weighted by Gasteiger charge is 2.11. The molecule has 118 valence electrons. The number of aromatic hydroxyl groups is 1. The Morgan fingerprint density at radius 1 is 0.957 bits per heavy atom.